The summed E-state index contributed by atoms with van der Waals surface area (Å²) in [5.74, 6) is 0. The number of hydrogen-bond donors (Lipinski definition) is 1. The normalized spacial score (nSPS) is 13.5. The molecule has 0 aromatic heterocycles. The van der Waals surface area contributed by atoms with E-state index in [9.17, 15) is 0 Å². The lowest BCUT2D eigenvalue weighted by Crippen LogP contribution is -2.44. The first kappa shape index (κ1) is 21.1. The SMILES string of the molecule is C=C[Si](C)(C)CNCCCC[Si](C(C)C)(C(C)C)C(C)C. The highest BCUT2D eigenvalue weighted by Crippen LogP contribution is 2.45. The minimum absolute atomic E-state index is 0.901. The summed E-state index contributed by atoms with van der Waals surface area (Å²) in [6.45, 7) is 24.8. The molecule has 0 aromatic carbocycles. The Balaban J connectivity index is 4.26. The van der Waals surface area contributed by atoms with Gasteiger partial charge in [-0.2, -0.15) is 0 Å². The summed E-state index contributed by atoms with van der Waals surface area (Å²) >= 11 is 0. The van der Waals surface area contributed by atoms with Crippen molar-refractivity contribution in [3.05, 3.63) is 12.3 Å². The second-order valence-corrected chi connectivity index (χ2v) is 19.3. The largest absolute Gasteiger partial charge is 0.319 e. The zero-order valence-corrected chi connectivity index (χ0v) is 18.1. The van der Waals surface area contributed by atoms with Crippen molar-refractivity contribution in [3.63, 3.8) is 0 Å². The van der Waals surface area contributed by atoms with E-state index in [1.165, 1.54) is 31.6 Å². The Bertz CT molecular complexity index is 274. The maximum Gasteiger partial charge on any atom is 0.0851 e. The third-order valence-electron chi connectivity index (χ3n) is 5.57. The molecule has 126 valence electrons. The molecule has 0 spiro atoms. The first-order chi connectivity index (χ1) is 9.60. The van der Waals surface area contributed by atoms with Crippen molar-refractivity contribution in [2.75, 3.05) is 12.7 Å². The fourth-order valence-electron chi connectivity index (χ4n) is 4.03. The van der Waals surface area contributed by atoms with E-state index in [0.717, 1.165) is 16.6 Å². The molecule has 3 heteroatoms. The van der Waals surface area contributed by atoms with Gasteiger partial charge in [-0.3, -0.25) is 0 Å². The molecule has 1 N–H and O–H groups in total. The van der Waals surface area contributed by atoms with Crippen molar-refractivity contribution in [1.82, 2.24) is 5.32 Å². The van der Waals surface area contributed by atoms with E-state index in [4.69, 9.17) is 0 Å². The second-order valence-electron chi connectivity index (χ2n) is 8.40. The van der Waals surface area contributed by atoms with Gasteiger partial charge in [0.05, 0.1) is 16.1 Å². The van der Waals surface area contributed by atoms with Gasteiger partial charge in [0.15, 0.2) is 0 Å². The van der Waals surface area contributed by atoms with E-state index in [0.29, 0.717) is 0 Å². The molecule has 0 unspecified atom stereocenters. The Morgan fingerprint density at radius 2 is 1.38 bits per heavy atom. The molecular formula is C18H41NSi2. The van der Waals surface area contributed by atoms with Crippen LogP contribution >= 0.6 is 0 Å². The summed E-state index contributed by atoms with van der Waals surface area (Å²) in [4.78, 5) is 0. The van der Waals surface area contributed by atoms with Crippen LogP contribution in [0, 0.1) is 0 Å². The molecule has 0 bridgehead atoms. The van der Waals surface area contributed by atoms with Crippen molar-refractivity contribution in [3.8, 4) is 0 Å². The van der Waals surface area contributed by atoms with Crippen LogP contribution in [0.1, 0.15) is 54.4 Å². The maximum atomic E-state index is 3.97. The number of unbranched alkanes of at least 4 members (excludes halogenated alkanes) is 1. The smallest absolute Gasteiger partial charge is 0.0851 e. The van der Waals surface area contributed by atoms with Crippen LogP contribution in [-0.2, 0) is 0 Å². The van der Waals surface area contributed by atoms with Gasteiger partial charge in [0.25, 0.3) is 0 Å². The van der Waals surface area contributed by atoms with Crippen LogP contribution in [0.5, 0.6) is 0 Å². The molecule has 0 saturated carbocycles. The summed E-state index contributed by atoms with van der Waals surface area (Å²) in [7, 11) is -2.33. The monoisotopic (exact) mass is 327 g/mol. The minimum atomic E-state index is -1.17. The topological polar surface area (TPSA) is 12.0 Å². The molecule has 0 aliphatic carbocycles. The van der Waals surface area contributed by atoms with Gasteiger partial charge < -0.3 is 5.32 Å². The van der Waals surface area contributed by atoms with E-state index in [1.54, 1.807) is 0 Å². The standard InChI is InChI=1S/C18H41NSi2/c1-10-20(8,9)15-19-13-11-12-14-21(16(2)3,17(4)5)18(6)7/h10,16-19H,1,11-15H2,2-9H3. The van der Waals surface area contributed by atoms with Gasteiger partial charge in [-0.25, -0.2) is 0 Å². The molecule has 0 aliphatic rings. The molecule has 0 aromatic rings. The molecule has 0 heterocycles. The highest BCUT2D eigenvalue weighted by atomic mass is 28.3. The van der Waals surface area contributed by atoms with E-state index in [1.807, 2.05) is 0 Å². The van der Waals surface area contributed by atoms with Crippen molar-refractivity contribution in [2.45, 2.75) is 90.1 Å². The molecule has 0 atom stereocenters. The van der Waals surface area contributed by atoms with Crippen LogP contribution in [0.25, 0.3) is 0 Å². The minimum Gasteiger partial charge on any atom is -0.319 e. The first-order valence-corrected chi connectivity index (χ1v) is 14.7. The second kappa shape index (κ2) is 9.31. The highest BCUT2D eigenvalue weighted by molar-refractivity contribution is 6.83. The third-order valence-corrected chi connectivity index (χ3v) is 15.5. The van der Waals surface area contributed by atoms with Crippen LogP contribution < -0.4 is 5.32 Å². The van der Waals surface area contributed by atoms with Crippen LogP contribution in [0.3, 0.4) is 0 Å². The summed E-state index contributed by atoms with van der Waals surface area (Å²) in [6.07, 6.45) is 3.92. The van der Waals surface area contributed by atoms with E-state index in [-0.39, 0.29) is 0 Å². The van der Waals surface area contributed by atoms with E-state index in [2.05, 4.69) is 72.2 Å². The first-order valence-electron chi connectivity index (χ1n) is 8.94. The van der Waals surface area contributed by atoms with Crippen LogP contribution in [0.4, 0.5) is 0 Å². The van der Waals surface area contributed by atoms with Crippen molar-refractivity contribution in [1.29, 1.82) is 0 Å². The Labute approximate surface area is 137 Å². The average Bonchev–Trinajstić information content (AvgIpc) is 2.36. The van der Waals surface area contributed by atoms with Gasteiger partial charge in [0.2, 0.25) is 0 Å². The Hall–Kier alpha value is 0.134. The molecule has 0 amide bonds. The molecule has 1 nitrogen and oxygen atoms in total. The summed E-state index contributed by atoms with van der Waals surface area (Å²) < 4.78 is 0. The van der Waals surface area contributed by atoms with Gasteiger partial charge in [-0.1, -0.05) is 83.7 Å². The molecule has 0 rings (SSSR count). The predicted octanol–water partition coefficient (Wildman–Crippen LogP) is 6.01. The molecule has 0 fully saturated rings. The third kappa shape index (κ3) is 6.41. The van der Waals surface area contributed by atoms with Crippen molar-refractivity contribution < 1.29 is 0 Å². The van der Waals surface area contributed by atoms with Gasteiger partial charge in [0, 0.05) is 0 Å². The lowest BCUT2D eigenvalue weighted by molar-refractivity contribution is 0.671. The molecule has 0 saturated heterocycles. The van der Waals surface area contributed by atoms with Gasteiger partial charge in [0.1, 0.15) is 0 Å². The Morgan fingerprint density at radius 1 is 0.905 bits per heavy atom. The van der Waals surface area contributed by atoms with E-state index < -0.39 is 16.1 Å². The lowest BCUT2D eigenvalue weighted by Gasteiger charge is -2.43. The quantitative estimate of drug-likeness (QED) is 0.362. The van der Waals surface area contributed by atoms with E-state index >= 15 is 0 Å². The van der Waals surface area contributed by atoms with Crippen LogP contribution in [0.2, 0.25) is 35.8 Å². The van der Waals surface area contributed by atoms with Gasteiger partial charge in [-0.15, -0.1) is 12.3 Å². The molecule has 0 aliphatic heterocycles. The number of rotatable bonds is 11. The summed E-state index contributed by atoms with van der Waals surface area (Å²) in [6, 6.07) is 1.50. The van der Waals surface area contributed by atoms with Gasteiger partial charge in [-0.05, 0) is 19.1 Å². The maximum absolute atomic E-state index is 3.97. The van der Waals surface area contributed by atoms with Crippen molar-refractivity contribution in [2.24, 2.45) is 0 Å². The number of hydrogen-bond acceptors (Lipinski definition) is 1. The number of nitrogens with one attached hydrogen (secondary N) is 1. The molecule has 21 heavy (non-hydrogen) atoms. The fraction of sp³-hybridized carbons (Fsp3) is 0.889. The summed E-state index contributed by atoms with van der Waals surface area (Å²) in [5, 5.41) is 3.66. The van der Waals surface area contributed by atoms with Gasteiger partial charge >= 0.3 is 0 Å². The molecule has 0 radical (unpaired) electrons. The Kier molecular flexibility index (Phi) is 9.37. The lowest BCUT2D eigenvalue weighted by atomic mass is 10.3. The molecular weight excluding hydrogens is 286 g/mol. The van der Waals surface area contributed by atoms with Crippen molar-refractivity contribution >= 4 is 16.1 Å². The zero-order chi connectivity index (χ0) is 16.7. The highest BCUT2D eigenvalue weighted by Gasteiger charge is 2.41. The zero-order valence-electron chi connectivity index (χ0n) is 16.1. The average molecular weight is 328 g/mol. The summed E-state index contributed by atoms with van der Waals surface area (Å²) in [5.41, 5.74) is 4.89. The Morgan fingerprint density at radius 3 is 1.76 bits per heavy atom. The predicted molar refractivity (Wildman–Crippen MR) is 106 cm³/mol. The fourth-order valence-corrected chi connectivity index (χ4v) is 11.6. The van der Waals surface area contributed by atoms with Crippen LogP contribution in [-0.4, -0.2) is 28.9 Å². The van der Waals surface area contributed by atoms with Crippen LogP contribution in [0.15, 0.2) is 12.3 Å².